The van der Waals surface area contributed by atoms with E-state index < -0.39 is 8.80 Å². The molecule has 1 aliphatic heterocycles. The van der Waals surface area contributed by atoms with E-state index in [2.05, 4.69) is 10.9 Å². The van der Waals surface area contributed by atoms with Crippen LogP contribution >= 0.6 is 0 Å². The maximum Gasteiger partial charge on any atom is 0.500 e. The van der Waals surface area contributed by atoms with E-state index >= 15 is 0 Å². The standard InChI is InChI=1S/C13H26NO3Si/c1-4-15-18(16-5-2,17-6-3)11-7-8-13-9-10-14-12-13/h13H,4-11H2,1-3H3/q+1. The molecule has 0 radical (unpaired) electrons. The van der Waals surface area contributed by atoms with Crippen molar-refractivity contribution < 1.29 is 13.3 Å². The van der Waals surface area contributed by atoms with Crippen LogP contribution in [-0.4, -0.2) is 35.2 Å². The van der Waals surface area contributed by atoms with Crippen molar-refractivity contribution in [2.75, 3.05) is 26.4 Å². The summed E-state index contributed by atoms with van der Waals surface area (Å²) >= 11 is 0. The van der Waals surface area contributed by atoms with Gasteiger partial charge in [-0.25, -0.2) is 0 Å². The van der Waals surface area contributed by atoms with Gasteiger partial charge in [0.25, 0.3) is 12.6 Å². The molecule has 0 fully saturated rings. The second-order valence-corrected chi connectivity index (χ2v) is 7.10. The fourth-order valence-corrected chi connectivity index (χ4v) is 4.89. The summed E-state index contributed by atoms with van der Waals surface area (Å²) in [6.07, 6.45) is 3.33. The summed E-state index contributed by atoms with van der Waals surface area (Å²) in [4.78, 5) is 4.16. The fourth-order valence-electron chi connectivity index (χ4n) is 2.25. The molecule has 5 heteroatoms. The van der Waals surface area contributed by atoms with E-state index in [0.717, 1.165) is 31.9 Å². The van der Waals surface area contributed by atoms with Gasteiger partial charge >= 0.3 is 8.80 Å². The summed E-state index contributed by atoms with van der Waals surface area (Å²) in [7, 11) is -2.43. The Morgan fingerprint density at radius 3 is 2.17 bits per heavy atom. The first kappa shape index (κ1) is 15.6. The predicted octanol–water partition coefficient (Wildman–Crippen LogP) is 3.17. The molecule has 18 heavy (non-hydrogen) atoms. The van der Waals surface area contributed by atoms with Crippen molar-refractivity contribution in [1.82, 2.24) is 0 Å². The first-order valence-electron chi connectivity index (χ1n) is 7.10. The van der Waals surface area contributed by atoms with Crippen molar-refractivity contribution in [3.8, 4) is 6.07 Å². The maximum absolute atomic E-state index is 5.83. The summed E-state index contributed by atoms with van der Waals surface area (Å²) in [6, 6.07) is 4.06. The topological polar surface area (TPSA) is 32.0 Å². The molecule has 0 spiro atoms. The quantitative estimate of drug-likeness (QED) is 0.573. The molecule has 0 saturated heterocycles. The molecule has 1 aliphatic rings. The zero-order chi connectivity index (χ0) is 13.3. The second-order valence-electron chi connectivity index (χ2n) is 4.37. The third-order valence-electron chi connectivity index (χ3n) is 2.99. The normalized spacial score (nSPS) is 18.7. The second kappa shape index (κ2) is 8.65. The lowest BCUT2D eigenvalue weighted by Crippen LogP contribution is -2.45. The van der Waals surface area contributed by atoms with E-state index in [1.807, 2.05) is 20.8 Å². The van der Waals surface area contributed by atoms with Gasteiger partial charge in [-0.2, -0.15) is 0 Å². The van der Waals surface area contributed by atoms with Crippen LogP contribution in [-0.2, 0) is 13.3 Å². The van der Waals surface area contributed by atoms with Gasteiger partial charge in [-0.3, -0.25) is 0 Å². The minimum absolute atomic E-state index is 0.529. The van der Waals surface area contributed by atoms with Gasteiger partial charge in [0, 0.05) is 32.3 Å². The van der Waals surface area contributed by atoms with E-state index in [-0.39, 0.29) is 0 Å². The Bertz CT molecular complexity index is 271. The number of nitrogens with zero attached hydrogens (tertiary/aromatic N) is 1. The monoisotopic (exact) mass is 272 g/mol. The maximum atomic E-state index is 5.83. The Kier molecular flexibility index (Phi) is 7.52. The van der Waals surface area contributed by atoms with Crippen LogP contribution in [0.2, 0.25) is 6.04 Å². The molecule has 1 heterocycles. The summed E-state index contributed by atoms with van der Waals surface area (Å²) in [5.74, 6) is 0.529. The van der Waals surface area contributed by atoms with Crippen molar-refractivity contribution >= 4 is 8.80 Å². The molecule has 0 amide bonds. The average Bonchev–Trinajstić information content (AvgIpc) is 2.83. The molecule has 0 aliphatic carbocycles. The molecule has 1 unspecified atom stereocenters. The number of hydrogen-bond donors (Lipinski definition) is 0. The molecule has 104 valence electrons. The van der Waals surface area contributed by atoms with E-state index in [9.17, 15) is 0 Å². The first-order valence-corrected chi connectivity index (χ1v) is 9.03. The van der Waals surface area contributed by atoms with Gasteiger partial charge in [0.15, 0.2) is 0 Å². The van der Waals surface area contributed by atoms with Gasteiger partial charge in [-0.1, -0.05) is 4.85 Å². The molecule has 0 aromatic heterocycles. The SMILES string of the molecule is CCO[Si](CCCC1C#[N+]CC1)(OCC)OCC. The van der Waals surface area contributed by atoms with Crippen LogP contribution in [0.3, 0.4) is 0 Å². The zero-order valence-corrected chi connectivity index (χ0v) is 12.9. The van der Waals surface area contributed by atoms with Gasteiger partial charge in [0.2, 0.25) is 0 Å². The van der Waals surface area contributed by atoms with Gasteiger partial charge in [-0.15, -0.1) is 0 Å². The van der Waals surface area contributed by atoms with Crippen LogP contribution in [0.5, 0.6) is 0 Å². The molecule has 0 N–H and O–H groups in total. The first-order chi connectivity index (χ1) is 8.76. The lowest BCUT2D eigenvalue weighted by Gasteiger charge is -2.28. The molecular weight excluding hydrogens is 246 g/mol. The molecular formula is C13H26NO3Si+. The minimum Gasteiger partial charge on any atom is -0.374 e. The van der Waals surface area contributed by atoms with E-state index in [4.69, 9.17) is 13.3 Å². The zero-order valence-electron chi connectivity index (χ0n) is 11.9. The molecule has 0 saturated carbocycles. The van der Waals surface area contributed by atoms with Crippen molar-refractivity contribution in [3.63, 3.8) is 0 Å². The lowest BCUT2D eigenvalue weighted by atomic mass is 10.0. The highest BCUT2D eigenvalue weighted by atomic mass is 28.4. The van der Waals surface area contributed by atoms with E-state index in [1.54, 1.807) is 0 Å². The minimum atomic E-state index is -2.43. The summed E-state index contributed by atoms with van der Waals surface area (Å²) in [6.45, 7) is 8.90. The Morgan fingerprint density at radius 1 is 1.11 bits per heavy atom. The molecule has 1 rings (SSSR count). The Labute approximate surface area is 112 Å². The van der Waals surface area contributed by atoms with Crippen molar-refractivity contribution in [1.29, 1.82) is 0 Å². The third-order valence-corrected chi connectivity index (χ3v) is 6.14. The van der Waals surface area contributed by atoms with Gasteiger partial charge < -0.3 is 13.3 Å². The van der Waals surface area contributed by atoms with E-state index in [0.29, 0.717) is 25.7 Å². The Hall–Kier alpha value is -0.413. The highest BCUT2D eigenvalue weighted by Gasteiger charge is 2.40. The lowest BCUT2D eigenvalue weighted by molar-refractivity contribution is 0.0705. The van der Waals surface area contributed by atoms with Gasteiger partial charge in [0.05, 0.1) is 5.92 Å². The molecule has 0 aromatic carbocycles. The molecule has 0 aromatic rings. The van der Waals surface area contributed by atoms with Crippen LogP contribution in [0.1, 0.15) is 40.0 Å². The predicted molar refractivity (Wildman–Crippen MR) is 74.9 cm³/mol. The fraction of sp³-hybridized carbons (Fsp3) is 0.923. The summed E-state index contributed by atoms with van der Waals surface area (Å²) in [5.41, 5.74) is 0. The van der Waals surface area contributed by atoms with Crippen LogP contribution in [0, 0.1) is 12.0 Å². The Balaban J connectivity index is 2.40. The third kappa shape index (κ3) is 5.07. The number of hydrogen-bond acceptors (Lipinski definition) is 3. The summed E-state index contributed by atoms with van der Waals surface area (Å²) < 4.78 is 17.5. The van der Waals surface area contributed by atoms with Gasteiger partial charge in [0.1, 0.15) is 0 Å². The van der Waals surface area contributed by atoms with Crippen LogP contribution in [0.4, 0.5) is 0 Å². The molecule has 4 nitrogen and oxygen atoms in total. The van der Waals surface area contributed by atoms with Crippen molar-refractivity contribution in [2.24, 2.45) is 5.92 Å². The highest BCUT2D eigenvalue weighted by molar-refractivity contribution is 6.60. The van der Waals surface area contributed by atoms with E-state index in [1.165, 1.54) is 0 Å². The van der Waals surface area contributed by atoms with Crippen LogP contribution in [0.15, 0.2) is 0 Å². The van der Waals surface area contributed by atoms with Crippen molar-refractivity contribution in [2.45, 2.75) is 46.1 Å². The molecule has 1 atom stereocenters. The average molecular weight is 272 g/mol. The van der Waals surface area contributed by atoms with Crippen molar-refractivity contribution in [3.05, 3.63) is 4.85 Å². The smallest absolute Gasteiger partial charge is 0.374 e. The molecule has 0 bridgehead atoms. The highest BCUT2D eigenvalue weighted by Crippen LogP contribution is 2.23. The van der Waals surface area contributed by atoms with Crippen LogP contribution < -0.4 is 0 Å². The number of rotatable bonds is 10. The summed E-state index contributed by atoms with van der Waals surface area (Å²) in [5, 5.41) is 0. The largest absolute Gasteiger partial charge is 0.500 e. The Morgan fingerprint density at radius 2 is 1.72 bits per heavy atom. The van der Waals surface area contributed by atoms with Crippen LogP contribution in [0.25, 0.3) is 4.85 Å². The van der Waals surface area contributed by atoms with Gasteiger partial charge in [-0.05, 0) is 33.6 Å².